The molecule has 0 saturated carbocycles. The first kappa shape index (κ1) is 28.5. The molecule has 0 saturated heterocycles. The molecular formula is C34H44O3. The van der Waals surface area contributed by atoms with E-state index in [1.807, 2.05) is 36.4 Å². The molecule has 3 heteroatoms. The number of phenols is 1. The summed E-state index contributed by atoms with van der Waals surface area (Å²) in [6.07, 6.45) is 4.14. The summed E-state index contributed by atoms with van der Waals surface area (Å²) in [5.41, 5.74) is 7.70. The van der Waals surface area contributed by atoms with Crippen LogP contribution in [0.3, 0.4) is 0 Å². The molecule has 0 aliphatic carbocycles. The zero-order valence-corrected chi connectivity index (χ0v) is 23.7. The average molecular weight is 501 g/mol. The van der Waals surface area contributed by atoms with Gasteiger partial charge in [-0.25, -0.2) is 0 Å². The molecule has 0 heterocycles. The second kappa shape index (κ2) is 11.5. The second-order valence-corrected chi connectivity index (χ2v) is 11.7. The number of benzene rings is 3. The number of aliphatic carboxylic acids is 1. The van der Waals surface area contributed by atoms with Gasteiger partial charge < -0.3 is 10.2 Å². The van der Waals surface area contributed by atoms with Crippen LogP contribution in [-0.2, 0) is 23.1 Å². The number of phenolic OH excluding ortho intramolecular Hbond substituents is 1. The summed E-state index contributed by atoms with van der Waals surface area (Å²) in [7, 11) is 0. The van der Waals surface area contributed by atoms with Crippen LogP contribution in [0, 0.1) is 18.3 Å². The third kappa shape index (κ3) is 6.44. The first-order valence-corrected chi connectivity index (χ1v) is 13.7. The quantitative estimate of drug-likeness (QED) is 0.293. The fourth-order valence-electron chi connectivity index (χ4n) is 5.36. The van der Waals surface area contributed by atoms with Crippen LogP contribution in [-0.4, -0.2) is 16.2 Å². The van der Waals surface area contributed by atoms with Gasteiger partial charge in [-0.05, 0) is 83.4 Å². The number of aryl methyl sites for hydroxylation is 2. The Bertz CT molecular complexity index is 1210. The van der Waals surface area contributed by atoms with E-state index in [1.54, 1.807) is 0 Å². The van der Waals surface area contributed by atoms with Crippen molar-refractivity contribution < 1.29 is 15.0 Å². The molecule has 0 amide bonds. The minimum absolute atomic E-state index is 0.00541. The molecule has 198 valence electrons. The van der Waals surface area contributed by atoms with Crippen molar-refractivity contribution in [1.82, 2.24) is 0 Å². The molecule has 0 bridgehead atoms. The summed E-state index contributed by atoms with van der Waals surface area (Å²) in [5.74, 6) is 0.0595. The Morgan fingerprint density at radius 3 is 2.00 bits per heavy atom. The average Bonchev–Trinajstić information content (AvgIpc) is 2.84. The van der Waals surface area contributed by atoms with Crippen molar-refractivity contribution >= 4 is 5.97 Å². The lowest BCUT2D eigenvalue weighted by Crippen LogP contribution is -2.26. The molecule has 0 spiro atoms. The number of hydrogen-bond donors (Lipinski definition) is 2. The number of hydrogen-bond acceptors (Lipinski definition) is 2. The second-order valence-electron chi connectivity index (χ2n) is 11.7. The minimum atomic E-state index is -0.849. The normalized spacial score (nSPS) is 12.9. The van der Waals surface area contributed by atoms with Gasteiger partial charge in [-0.3, -0.25) is 4.79 Å². The predicted molar refractivity (Wildman–Crippen MR) is 154 cm³/mol. The van der Waals surface area contributed by atoms with E-state index in [1.165, 1.54) is 23.1 Å². The summed E-state index contributed by atoms with van der Waals surface area (Å²) >= 11 is 0. The molecule has 0 aromatic heterocycles. The fourth-order valence-corrected chi connectivity index (χ4v) is 5.36. The summed E-state index contributed by atoms with van der Waals surface area (Å²) in [6, 6.07) is 20.4. The van der Waals surface area contributed by atoms with Gasteiger partial charge in [-0.2, -0.15) is 0 Å². The Morgan fingerprint density at radius 1 is 0.892 bits per heavy atom. The van der Waals surface area contributed by atoms with E-state index < -0.39 is 5.97 Å². The third-order valence-electron chi connectivity index (χ3n) is 8.60. The summed E-state index contributed by atoms with van der Waals surface area (Å²) < 4.78 is 0. The molecule has 0 fully saturated rings. The van der Waals surface area contributed by atoms with Gasteiger partial charge in [0.25, 0.3) is 0 Å². The molecule has 2 N–H and O–H groups in total. The monoisotopic (exact) mass is 500 g/mol. The SMILES string of the molecule is CCC(CC)(c1ccc(CCC(C)C(C)(C)C)c(C)c1)c1ccc(-c2ccc(CC(=O)O)cc2)c(O)c1. The molecular weight excluding hydrogens is 456 g/mol. The minimum Gasteiger partial charge on any atom is -0.507 e. The number of carboxylic acid groups (broad SMARTS) is 1. The van der Waals surface area contributed by atoms with Gasteiger partial charge in [-0.1, -0.05) is 96.1 Å². The predicted octanol–water partition coefficient (Wildman–Crippen LogP) is 8.72. The van der Waals surface area contributed by atoms with Gasteiger partial charge in [-0.15, -0.1) is 0 Å². The van der Waals surface area contributed by atoms with E-state index in [0.717, 1.165) is 41.5 Å². The highest BCUT2D eigenvalue weighted by Gasteiger charge is 2.32. The van der Waals surface area contributed by atoms with Crippen molar-refractivity contribution in [1.29, 1.82) is 0 Å². The molecule has 0 aliphatic heterocycles. The van der Waals surface area contributed by atoms with Gasteiger partial charge in [0.05, 0.1) is 6.42 Å². The molecule has 0 aliphatic rings. The first-order valence-electron chi connectivity index (χ1n) is 13.7. The van der Waals surface area contributed by atoms with Gasteiger partial charge in [0.1, 0.15) is 5.75 Å². The van der Waals surface area contributed by atoms with E-state index in [-0.39, 0.29) is 17.6 Å². The van der Waals surface area contributed by atoms with Crippen LogP contribution in [0.15, 0.2) is 60.7 Å². The molecule has 3 nitrogen and oxygen atoms in total. The largest absolute Gasteiger partial charge is 0.507 e. The van der Waals surface area contributed by atoms with Gasteiger partial charge in [0, 0.05) is 11.0 Å². The molecule has 0 radical (unpaired) electrons. The Morgan fingerprint density at radius 2 is 1.49 bits per heavy atom. The van der Waals surface area contributed by atoms with Crippen LogP contribution >= 0.6 is 0 Å². The molecule has 3 aromatic rings. The van der Waals surface area contributed by atoms with Crippen molar-refractivity contribution in [2.45, 2.75) is 86.0 Å². The fraction of sp³-hybridized carbons (Fsp3) is 0.441. The lowest BCUT2D eigenvalue weighted by Gasteiger charge is -2.34. The lowest BCUT2D eigenvalue weighted by molar-refractivity contribution is -0.136. The standard InChI is InChI=1S/C34H44O3/c1-8-34(9-2,28-17-16-26(23(3)20-28)13-10-24(4)33(5,6)7)29-18-19-30(31(35)22-29)27-14-11-25(12-15-27)21-32(36)37/h11-12,14-20,22,24,35H,8-10,13,21H2,1-7H3,(H,36,37). The Hall–Kier alpha value is -3.07. The van der Waals surface area contributed by atoms with E-state index >= 15 is 0 Å². The van der Waals surface area contributed by atoms with Crippen LogP contribution < -0.4 is 0 Å². The van der Waals surface area contributed by atoms with Crippen LogP contribution in [0.5, 0.6) is 5.75 Å². The topological polar surface area (TPSA) is 57.5 Å². The van der Waals surface area contributed by atoms with Gasteiger partial charge in [0.2, 0.25) is 0 Å². The first-order chi connectivity index (χ1) is 17.4. The zero-order chi connectivity index (χ0) is 27.4. The smallest absolute Gasteiger partial charge is 0.307 e. The molecule has 3 aromatic carbocycles. The number of aromatic hydroxyl groups is 1. The summed E-state index contributed by atoms with van der Waals surface area (Å²) in [5, 5.41) is 20.1. The maximum Gasteiger partial charge on any atom is 0.307 e. The zero-order valence-electron chi connectivity index (χ0n) is 23.7. The van der Waals surface area contributed by atoms with E-state index in [0.29, 0.717) is 11.3 Å². The highest BCUT2D eigenvalue weighted by Crippen LogP contribution is 2.43. The Balaban J connectivity index is 1.90. The van der Waals surface area contributed by atoms with Crippen LogP contribution in [0.2, 0.25) is 0 Å². The Kier molecular flexibility index (Phi) is 8.89. The number of rotatable bonds is 10. The summed E-state index contributed by atoms with van der Waals surface area (Å²) in [6.45, 7) is 16.0. The van der Waals surface area contributed by atoms with Crippen LogP contribution in [0.1, 0.15) is 88.6 Å². The van der Waals surface area contributed by atoms with E-state index in [9.17, 15) is 9.90 Å². The highest BCUT2D eigenvalue weighted by atomic mass is 16.4. The lowest BCUT2D eigenvalue weighted by atomic mass is 9.69. The van der Waals surface area contributed by atoms with Gasteiger partial charge in [0.15, 0.2) is 0 Å². The highest BCUT2D eigenvalue weighted by molar-refractivity contribution is 5.73. The molecule has 1 atom stereocenters. The van der Waals surface area contributed by atoms with Crippen molar-refractivity contribution in [2.75, 3.05) is 0 Å². The van der Waals surface area contributed by atoms with E-state index in [4.69, 9.17) is 5.11 Å². The maximum absolute atomic E-state index is 11.1. The number of carbonyl (C=O) groups is 1. The molecule has 1 unspecified atom stereocenters. The molecule has 37 heavy (non-hydrogen) atoms. The van der Waals surface area contributed by atoms with Crippen LogP contribution in [0.4, 0.5) is 0 Å². The third-order valence-corrected chi connectivity index (χ3v) is 8.60. The van der Waals surface area contributed by atoms with Crippen molar-refractivity contribution in [3.8, 4) is 16.9 Å². The van der Waals surface area contributed by atoms with E-state index in [2.05, 4.69) is 72.7 Å². The van der Waals surface area contributed by atoms with Crippen LogP contribution in [0.25, 0.3) is 11.1 Å². The van der Waals surface area contributed by atoms with Crippen molar-refractivity contribution in [3.63, 3.8) is 0 Å². The Labute approximate surface area is 223 Å². The van der Waals surface area contributed by atoms with Crippen molar-refractivity contribution in [3.05, 3.63) is 88.5 Å². The summed E-state index contributed by atoms with van der Waals surface area (Å²) in [4.78, 5) is 11.0. The van der Waals surface area contributed by atoms with Crippen molar-refractivity contribution in [2.24, 2.45) is 11.3 Å². The molecule has 3 rings (SSSR count). The van der Waals surface area contributed by atoms with Gasteiger partial charge >= 0.3 is 5.97 Å². The maximum atomic E-state index is 11.1. The number of carboxylic acids is 1.